The molecule has 0 bridgehead atoms. The van der Waals surface area contributed by atoms with E-state index in [2.05, 4.69) is 0 Å². The zero-order valence-corrected chi connectivity index (χ0v) is 18.0. The molecule has 1 unspecified atom stereocenters. The first-order chi connectivity index (χ1) is 13.7. The number of methoxy groups -OCH3 is 2. The molecule has 0 aromatic heterocycles. The minimum absolute atomic E-state index is 0.182. The van der Waals surface area contributed by atoms with E-state index in [1.54, 1.807) is 25.2 Å². The first-order valence-electron chi connectivity index (χ1n) is 8.58. The first kappa shape index (κ1) is 22.6. The van der Waals surface area contributed by atoms with Gasteiger partial charge in [-0.05, 0) is 36.8 Å². The molecule has 7 nitrogen and oxygen atoms in total. The highest BCUT2D eigenvalue weighted by molar-refractivity contribution is 6.35. The van der Waals surface area contributed by atoms with Crippen LogP contribution in [0.1, 0.15) is 28.9 Å². The minimum atomic E-state index is -0.650. The van der Waals surface area contributed by atoms with E-state index < -0.39 is 5.91 Å². The van der Waals surface area contributed by atoms with Crippen molar-refractivity contribution in [2.24, 2.45) is 5.73 Å². The molecule has 1 atom stereocenters. The fraction of sp³-hybridized carbons (Fsp3) is 0.300. The Balaban J connectivity index is 2.37. The molecule has 2 aromatic rings. The third-order valence-corrected chi connectivity index (χ3v) is 4.94. The Kier molecular flexibility index (Phi) is 7.59. The normalized spacial score (nSPS) is 11.5. The van der Waals surface area contributed by atoms with Crippen molar-refractivity contribution < 1.29 is 23.8 Å². The number of carbonyl (C=O) groups is 2. The van der Waals surface area contributed by atoms with E-state index in [0.29, 0.717) is 15.6 Å². The standard InChI is InChI=1S/C20H22Cl2N2O5/c1-11(14-6-5-13(21)9-15(14)22)24(2)20(26)12-7-16(27-3)19(17(8-12)28-4)29-10-18(23)25/h5-9,11H,10H2,1-4H3,(H2,23,25). The number of rotatable bonds is 8. The van der Waals surface area contributed by atoms with Crippen LogP contribution in [0.4, 0.5) is 0 Å². The van der Waals surface area contributed by atoms with Gasteiger partial charge in [-0.25, -0.2) is 0 Å². The van der Waals surface area contributed by atoms with Crippen LogP contribution in [0.3, 0.4) is 0 Å². The second-order valence-corrected chi connectivity index (χ2v) is 7.07. The predicted molar refractivity (Wildman–Crippen MR) is 111 cm³/mol. The van der Waals surface area contributed by atoms with Gasteiger partial charge in [-0.2, -0.15) is 0 Å². The lowest BCUT2D eigenvalue weighted by Gasteiger charge is -2.27. The highest BCUT2D eigenvalue weighted by atomic mass is 35.5. The van der Waals surface area contributed by atoms with Gasteiger partial charge in [0.15, 0.2) is 18.1 Å². The maximum Gasteiger partial charge on any atom is 0.255 e. The number of hydrogen-bond acceptors (Lipinski definition) is 5. The minimum Gasteiger partial charge on any atom is -0.493 e. The van der Waals surface area contributed by atoms with Gasteiger partial charge in [0.1, 0.15) is 0 Å². The molecule has 2 rings (SSSR count). The fourth-order valence-electron chi connectivity index (χ4n) is 2.72. The van der Waals surface area contributed by atoms with E-state index >= 15 is 0 Å². The van der Waals surface area contributed by atoms with Crippen molar-refractivity contribution in [1.82, 2.24) is 4.90 Å². The average molecular weight is 441 g/mol. The van der Waals surface area contributed by atoms with Crippen LogP contribution in [0.2, 0.25) is 10.0 Å². The molecular weight excluding hydrogens is 419 g/mol. The molecular formula is C20H22Cl2N2O5. The van der Waals surface area contributed by atoms with Crippen LogP contribution in [0.15, 0.2) is 30.3 Å². The number of benzene rings is 2. The summed E-state index contributed by atoms with van der Waals surface area (Å²) in [5.41, 5.74) is 6.19. The molecule has 2 aromatic carbocycles. The van der Waals surface area contributed by atoms with E-state index in [1.165, 1.54) is 31.3 Å². The van der Waals surface area contributed by atoms with E-state index in [1.807, 2.05) is 6.92 Å². The number of primary amides is 1. The topological polar surface area (TPSA) is 91.1 Å². The highest BCUT2D eigenvalue weighted by Crippen LogP contribution is 2.39. The summed E-state index contributed by atoms with van der Waals surface area (Å²) in [6.07, 6.45) is 0. The summed E-state index contributed by atoms with van der Waals surface area (Å²) in [5, 5.41) is 0.982. The third kappa shape index (κ3) is 5.25. The molecule has 0 spiro atoms. The van der Waals surface area contributed by atoms with Gasteiger partial charge in [0.2, 0.25) is 5.75 Å². The molecule has 9 heteroatoms. The van der Waals surface area contributed by atoms with E-state index in [0.717, 1.165) is 5.56 Å². The van der Waals surface area contributed by atoms with Gasteiger partial charge in [-0.15, -0.1) is 0 Å². The molecule has 156 valence electrons. The van der Waals surface area contributed by atoms with Crippen molar-refractivity contribution in [2.75, 3.05) is 27.9 Å². The lowest BCUT2D eigenvalue weighted by Crippen LogP contribution is -2.30. The van der Waals surface area contributed by atoms with Crippen molar-refractivity contribution in [3.05, 3.63) is 51.5 Å². The molecule has 0 heterocycles. The van der Waals surface area contributed by atoms with Crippen LogP contribution in [-0.4, -0.2) is 44.6 Å². The van der Waals surface area contributed by atoms with Crippen LogP contribution in [-0.2, 0) is 4.79 Å². The summed E-state index contributed by atoms with van der Waals surface area (Å²) < 4.78 is 16.0. The van der Waals surface area contributed by atoms with Crippen molar-refractivity contribution in [3.8, 4) is 17.2 Å². The number of hydrogen-bond donors (Lipinski definition) is 1. The highest BCUT2D eigenvalue weighted by Gasteiger charge is 2.24. The third-order valence-electron chi connectivity index (χ3n) is 4.38. The van der Waals surface area contributed by atoms with Gasteiger partial charge in [0.25, 0.3) is 11.8 Å². The van der Waals surface area contributed by atoms with Gasteiger partial charge in [0.05, 0.1) is 20.3 Å². The summed E-state index contributed by atoms with van der Waals surface area (Å²) >= 11 is 12.2. The molecule has 0 fully saturated rings. The number of nitrogens with two attached hydrogens (primary N) is 1. The molecule has 29 heavy (non-hydrogen) atoms. The number of carbonyl (C=O) groups excluding carboxylic acids is 2. The fourth-order valence-corrected chi connectivity index (χ4v) is 3.28. The van der Waals surface area contributed by atoms with Crippen LogP contribution < -0.4 is 19.9 Å². The van der Waals surface area contributed by atoms with E-state index in [9.17, 15) is 9.59 Å². The van der Waals surface area contributed by atoms with E-state index in [4.69, 9.17) is 43.1 Å². The van der Waals surface area contributed by atoms with Crippen molar-refractivity contribution in [2.45, 2.75) is 13.0 Å². The summed E-state index contributed by atoms with van der Waals surface area (Å²) in [6.45, 7) is 1.50. The zero-order valence-electron chi connectivity index (χ0n) is 16.5. The van der Waals surface area contributed by atoms with Gasteiger partial charge >= 0.3 is 0 Å². The molecule has 0 aliphatic carbocycles. The first-order valence-corrected chi connectivity index (χ1v) is 9.34. The Morgan fingerprint density at radius 3 is 2.17 bits per heavy atom. The Morgan fingerprint density at radius 1 is 1.10 bits per heavy atom. The molecule has 0 aliphatic heterocycles. The lowest BCUT2D eigenvalue weighted by atomic mass is 10.1. The van der Waals surface area contributed by atoms with E-state index in [-0.39, 0.29) is 35.8 Å². The van der Waals surface area contributed by atoms with Crippen molar-refractivity contribution >= 4 is 35.0 Å². The average Bonchev–Trinajstić information content (AvgIpc) is 2.69. The van der Waals surface area contributed by atoms with Crippen LogP contribution >= 0.6 is 23.2 Å². The summed E-state index contributed by atoms with van der Waals surface area (Å²) in [4.78, 5) is 25.6. The predicted octanol–water partition coefficient (Wildman–Crippen LogP) is 3.71. The van der Waals surface area contributed by atoms with Crippen LogP contribution in [0.5, 0.6) is 17.2 Å². The maximum absolute atomic E-state index is 13.1. The van der Waals surface area contributed by atoms with Gasteiger partial charge in [-0.3, -0.25) is 9.59 Å². The Hall–Kier alpha value is -2.64. The van der Waals surface area contributed by atoms with Crippen LogP contribution in [0.25, 0.3) is 0 Å². The molecule has 0 saturated heterocycles. The Bertz CT molecular complexity index is 895. The quantitative estimate of drug-likeness (QED) is 0.675. The molecule has 0 radical (unpaired) electrons. The molecule has 0 saturated carbocycles. The zero-order chi connectivity index (χ0) is 21.7. The summed E-state index contributed by atoms with van der Waals surface area (Å²) in [5.74, 6) is -0.287. The SMILES string of the molecule is COc1cc(C(=O)N(C)C(C)c2ccc(Cl)cc2Cl)cc(OC)c1OCC(N)=O. The van der Waals surface area contributed by atoms with Crippen molar-refractivity contribution in [1.29, 1.82) is 0 Å². The summed E-state index contributed by atoms with van der Waals surface area (Å²) in [7, 11) is 4.49. The largest absolute Gasteiger partial charge is 0.493 e. The molecule has 2 N–H and O–H groups in total. The second-order valence-electron chi connectivity index (χ2n) is 6.22. The van der Waals surface area contributed by atoms with Crippen LogP contribution in [0, 0.1) is 0 Å². The molecule has 0 aliphatic rings. The lowest BCUT2D eigenvalue weighted by molar-refractivity contribution is -0.120. The van der Waals surface area contributed by atoms with Crippen molar-refractivity contribution in [3.63, 3.8) is 0 Å². The smallest absolute Gasteiger partial charge is 0.255 e. The van der Waals surface area contributed by atoms with Gasteiger partial charge in [0, 0.05) is 22.7 Å². The monoisotopic (exact) mass is 440 g/mol. The number of amides is 2. The van der Waals surface area contributed by atoms with Gasteiger partial charge in [-0.1, -0.05) is 29.3 Å². The maximum atomic E-state index is 13.1. The Labute approximate surface area is 179 Å². The molecule has 2 amide bonds. The Morgan fingerprint density at radius 2 is 1.69 bits per heavy atom. The number of halogens is 2. The number of ether oxygens (including phenoxy) is 3. The number of nitrogens with zero attached hydrogens (tertiary/aromatic N) is 1. The second kappa shape index (κ2) is 9.71. The van der Waals surface area contributed by atoms with Gasteiger partial charge < -0.3 is 24.8 Å². The summed E-state index contributed by atoms with van der Waals surface area (Å²) in [6, 6.07) is 7.82.